The molecule has 2 nitrogen and oxygen atoms in total. The van der Waals surface area contributed by atoms with Crippen LogP contribution < -0.4 is 0 Å². The Bertz CT molecular complexity index is 419. The number of rotatable bonds is 6. The van der Waals surface area contributed by atoms with Gasteiger partial charge in [-0.05, 0) is 31.9 Å². The van der Waals surface area contributed by atoms with E-state index in [-0.39, 0.29) is 18.0 Å². The summed E-state index contributed by atoms with van der Waals surface area (Å²) in [6.45, 7) is 5.90. The largest absolute Gasteiger partial charge is 0.299 e. The minimum atomic E-state index is -0.0488. The molecule has 0 radical (unpaired) electrons. The van der Waals surface area contributed by atoms with Crippen LogP contribution >= 0.6 is 0 Å². The van der Waals surface area contributed by atoms with E-state index in [2.05, 4.69) is 0 Å². The van der Waals surface area contributed by atoms with E-state index in [4.69, 9.17) is 0 Å². The van der Waals surface area contributed by atoms with Crippen LogP contribution in [0, 0.1) is 13.8 Å². The topological polar surface area (TPSA) is 34.1 Å². The van der Waals surface area contributed by atoms with Crippen LogP contribution in [0.4, 0.5) is 0 Å². The number of ketones is 2. The maximum Gasteiger partial charge on any atom is 0.170 e. The molecule has 0 aliphatic carbocycles. The number of Topliss-reactive ketones (excluding diaryl/α,β-unsaturated/α-hetero) is 2. The molecule has 0 fully saturated rings. The molecule has 0 saturated heterocycles. The molecule has 0 atom stereocenters. The standard InChI is InChI=1S/C15H20O2/c1-4-5-6-13(16)10-15(17)14-9-11(2)7-8-12(14)3/h7-9H,4-6,10H2,1-3H3. The summed E-state index contributed by atoms with van der Waals surface area (Å²) in [5, 5.41) is 0. The van der Waals surface area contributed by atoms with E-state index >= 15 is 0 Å². The minimum absolute atomic E-state index is 0.0459. The van der Waals surface area contributed by atoms with E-state index in [0.29, 0.717) is 12.0 Å². The fourth-order valence-corrected chi connectivity index (χ4v) is 1.77. The molecule has 0 bridgehead atoms. The second kappa shape index (κ2) is 6.33. The van der Waals surface area contributed by atoms with Crippen LogP contribution in [0.25, 0.3) is 0 Å². The molecule has 1 aromatic rings. The van der Waals surface area contributed by atoms with Gasteiger partial charge in [-0.15, -0.1) is 0 Å². The summed E-state index contributed by atoms with van der Waals surface area (Å²) in [5.41, 5.74) is 2.69. The lowest BCUT2D eigenvalue weighted by Crippen LogP contribution is -2.09. The maximum atomic E-state index is 12.0. The number of carbonyl (C=O) groups excluding carboxylic acids is 2. The summed E-state index contributed by atoms with van der Waals surface area (Å²) in [5.74, 6) is 0.00468. The van der Waals surface area contributed by atoms with Gasteiger partial charge in [-0.1, -0.05) is 31.0 Å². The van der Waals surface area contributed by atoms with Crippen LogP contribution in [0.5, 0.6) is 0 Å². The highest BCUT2D eigenvalue weighted by atomic mass is 16.1. The van der Waals surface area contributed by atoms with Gasteiger partial charge in [0.05, 0.1) is 6.42 Å². The zero-order chi connectivity index (χ0) is 12.8. The monoisotopic (exact) mass is 232 g/mol. The highest BCUT2D eigenvalue weighted by Gasteiger charge is 2.13. The van der Waals surface area contributed by atoms with E-state index in [0.717, 1.165) is 24.0 Å². The van der Waals surface area contributed by atoms with Crippen LogP contribution in [-0.4, -0.2) is 11.6 Å². The van der Waals surface area contributed by atoms with Gasteiger partial charge < -0.3 is 0 Å². The van der Waals surface area contributed by atoms with Crippen molar-refractivity contribution in [2.45, 2.75) is 46.5 Å². The molecule has 1 aromatic carbocycles. The number of aryl methyl sites for hydroxylation is 2. The number of benzene rings is 1. The molecule has 0 amide bonds. The molecule has 0 unspecified atom stereocenters. The van der Waals surface area contributed by atoms with Crippen molar-refractivity contribution in [1.82, 2.24) is 0 Å². The number of hydrogen-bond donors (Lipinski definition) is 0. The Balaban J connectivity index is 2.69. The van der Waals surface area contributed by atoms with Gasteiger partial charge in [0.15, 0.2) is 5.78 Å². The molecule has 0 N–H and O–H groups in total. The maximum absolute atomic E-state index is 12.0. The zero-order valence-corrected chi connectivity index (χ0v) is 10.9. The van der Waals surface area contributed by atoms with Gasteiger partial charge in [-0.3, -0.25) is 9.59 Å². The average molecular weight is 232 g/mol. The van der Waals surface area contributed by atoms with Crippen molar-refractivity contribution >= 4 is 11.6 Å². The van der Waals surface area contributed by atoms with E-state index < -0.39 is 0 Å². The van der Waals surface area contributed by atoms with Crippen molar-refractivity contribution < 1.29 is 9.59 Å². The first kappa shape index (κ1) is 13.6. The Morgan fingerprint density at radius 2 is 1.88 bits per heavy atom. The molecular formula is C15H20O2. The first-order valence-electron chi connectivity index (χ1n) is 6.16. The molecule has 0 spiro atoms. The minimum Gasteiger partial charge on any atom is -0.299 e. The van der Waals surface area contributed by atoms with Crippen molar-refractivity contribution in [2.24, 2.45) is 0 Å². The van der Waals surface area contributed by atoms with Crippen LogP contribution in [-0.2, 0) is 4.79 Å². The molecule has 92 valence electrons. The molecular weight excluding hydrogens is 212 g/mol. The normalized spacial score (nSPS) is 10.3. The fraction of sp³-hybridized carbons (Fsp3) is 0.467. The predicted molar refractivity (Wildman–Crippen MR) is 69.4 cm³/mol. The van der Waals surface area contributed by atoms with Crippen LogP contribution in [0.3, 0.4) is 0 Å². The smallest absolute Gasteiger partial charge is 0.170 e. The summed E-state index contributed by atoms with van der Waals surface area (Å²) in [4.78, 5) is 23.5. The molecule has 0 saturated carbocycles. The van der Waals surface area contributed by atoms with Gasteiger partial charge in [0.1, 0.15) is 5.78 Å². The number of unbranched alkanes of at least 4 members (excludes halogenated alkanes) is 1. The summed E-state index contributed by atoms with van der Waals surface area (Å²) in [7, 11) is 0. The second-order valence-corrected chi connectivity index (χ2v) is 4.56. The van der Waals surface area contributed by atoms with Crippen LogP contribution in [0.15, 0.2) is 18.2 Å². The van der Waals surface area contributed by atoms with Crippen molar-refractivity contribution in [3.8, 4) is 0 Å². The van der Waals surface area contributed by atoms with Gasteiger partial charge in [-0.25, -0.2) is 0 Å². The molecule has 17 heavy (non-hydrogen) atoms. The summed E-state index contributed by atoms with van der Waals surface area (Å²) >= 11 is 0. The third kappa shape index (κ3) is 4.14. The lowest BCUT2D eigenvalue weighted by atomic mass is 9.98. The lowest BCUT2D eigenvalue weighted by molar-refractivity contribution is -0.118. The van der Waals surface area contributed by atoms with E-state index in [1.807, 2.05) is 39.0 Å². The van der Waals surface area contributed by atoms with Crippen molar-refractivity contribution in [3.05, 3.63) is 34.9 Å². The lowest BCUT2D eigenvalue weighted by Gasteiger charge is -2.05. The average Bonchev–Trinajstić information content (AvgIpc) is 2.29. The summed E-state index contributed by atoms with van der Waals surface area (Å²) in [6, 6.07) is 5.77. The Labute approximate surface area is 103 Å². The van der Waals surface area contributed by atoms with Gasteiger partial charge in [-0.2, -0.15) is 0 Å². The van der Waals surface area contributed by atoms with Crippen molar-refractivity contribution in [1.29, 1.82) is 0 Å². The highest BCUT2D eigenvalue weighted by Crippen LogP contribution is 2.14. The van der Waals surface area contributed by atoms with Crippen molar-refractivity contribution in [2.75, 3.05) is 0 Å². The summed E-state index contributed by atoms with van der Waals surface area (Å²) < 4.78 is 0. The number of hydrogen-bond acceptors (Lipinski definition) is 2. The Morgan fingerprint density at radius 1 is 1.18 bits per heavy atom. The highest BCUT2D eigenvalue weighted by molar-refractivity contribution is 6.08. The number of carbonyl (C=O) groups is 2. The Hall–Kier alpha value is -1.44. The quantitative estimate of drug-likeness (QED) is 0.554. The predicted octanol–water partition coefficient (Wildman–Crippen LogP) is 3.64. The third-order valence-corrected chi connectivity index (χ3v) is 2.86. The van der Waals surface area contributed by atoms with Gasteiger partial charge in [0.25, 0.3) is 0 Å². The SMILES string of the molecule is CCCCC(=O)CC(=O)c1cc(C)ccc1C. The van der Waals surface area contributed by atoms with Gasteiger partial charge >= 0.3 is 0 Å². The van der Waals surface area contributed by atoms with Gasteiger partial charge in [0.2, 0.25) is 0 Å². The van der Waals surface area contributed by atoms with Crippen molar-refractivity contribution in [3.63, 3.8) is 0 Å². The van der Waals surface area contributed by atoms with Crippen LogP contribution in [0.1, 0.15) is 54.1 Å². The first-order valence-corrected chi connectivity index (χ1v) is 6.16. The molecule has 0 aromatic heterocycles. The van der Waals surface area contributed by atoms with E-state index in [1.54, 1.807) is 0 Å². The first-order chi connectivity index (χ1) is 8.04. The van der Waals surface area contributed by atoms with Crippen LogP contribution in [0.2, 0.25) is 0 Å². The zero-order valence-electron chi connectivity index (χ0n) is 10.9. The molecule has 0 aliphatic rings. The fourth-order valence-electron chi connectivity index (χ4n) is 1.77. The molecule has 2 heteroatoms. The Morgan fingerprint density at radius 3 is 2.53 bits per heavy atom. The second-order valence-electron chi connectivity index (χ2n) is 4.56. The van der Waals surface area contributed by atoms with E-state index in [9.17, 15) is 9.59 Å². The molecule has 0 heterocycles. The van der Waals surface area contributed by atoms with E-state index in [1.165, 1.54) is 0 Å². The summed E-state index contributed by atoms with van der Waals surface area (Å²) in [6.07, 6.45) is 2.43. The molecule has 0 aliphatic heterocycles. The van der Waals surface area contributed by atoms with Gasteiger partial charge in [0, 0.05) is 12.0 Å². The Kier molecular flexibility index (Phi) is 5.08. The third-order valence-electron chi connectivity index (χ3n) is 2.86. The molecule has 1 rings (SSSR count).